The second-order valence-electron chi connectivity index (χ2n) is 14.5. The molecule has 1 heterocycles. The smallest absolute Gasteiger partial charge is 0.229 e. The molecule has 5 nitrogen and oxygen atoms in total. The number of nitrogens with zero attached hydrogens (tertiary/aromatic N) is 3. The summed E-state index contributed by atoms with van der Waals surface area (Å²) >= 11 is 0. The molecule has 0 spiro atoms. The molecular formula is C32H51N3O2. The van der Waals surface area contributed by atoms with Crippen molar-refractivity contribution in [1.82, 2.24) is 9.55 Å². The third-order valence-corrected chi connectivity index (χ3v) is 12.8. The highest BCUT2D eigenvalue weighted by atomic mass is 16.3. The largest absolute Gasteiger partial charge is 0.393 e. The van der Waals surface area contributed by atoms with Crippen molar-refractivity contribution in [2.75, 3.05) is 11.9 Å². The highest BCUT2D eigenvalue weighted by molar-refractivity contribution is 5.91. The average molecular weight is 510 g/mol. The Morgan fingerprint density at radius 3 is 2.51 bits per heavy atom. The van der Waals surface area contributed by atoms with Crippen LogP contribution >= 0.6 is 0 Å². The molecule has 7 atom stereocenters. The van der Waals surface area contributed by atoms with Crippen molar-refractivity contribution >= 4 is 11.9 Å². The van der Waals surface area contributed by atoms with Crippen LogP contribution < -0.4 is 4.90 Å². The molecule has 5 heteroatoms. The fourth-order valence-electron chi connectivity index (χ4n) is 10.1. The first-order chi connectivity index (χ1) is 17.3. The molecule has 37 heavy (non-hydrogen) atoms. The van der Waals surface area contributed by atoms with Crippen LogP contribution in [0.3, 0.4) is 0 Å². The summed E-state index contributed by atoms with van der Waals surface area (Å²) < 4.78 is 1.90. The number of rotatable bonds is 5. The predicted octanol–water partition coefficient (Wildman–Crippen LogP) is 6.91. The van der Waals surface area contributed by atoms with Gasteiger partial charge in [0.15, 0.2) is 0 Å². The van der Waals surface area contributed by atoms with E-state index in [1.807, 2.05) is 24.9 Å². The number of aliphatic hydroxyl groups excluding tert-OH is 1. The van der Waals surface area contributed by atoms with Crippen molar-refractivity contribution in [2.24, 2.45) is 46.5 Å². The Hall–Kier alpha value is -1.62. The Morgan fingerprint density at radius 1 is 1.11 bits per heavy atom. The fraction of sp³-hybridized carbons (Fsp3) is 0.812. The van der Waals surface area contributed by atoms with E-state index in [2.05, 4.69) is 46.5 Å². The molecule has 0 unspecified atom stereocenters. The van der Waals surface area contributed by atoms with Crippen LogP contribution in [0.4, 0.5) is 5.95 Å². The van der Waals surface area contributed by atoms with Crippen molar-refractivity contribution in [3.05, 3.63) is 23.5 Å². The standard InChI is InChI=1S/C32H51N3O2/c1-21(9-12-27(37)35(8)28-33-19-20-34(28)7)22-13-17-32(6)24-10-11-25-29(2,3)26(36)15-16-30(25,4)23(24)14-18-31(22,32)5/h19-22,25-26,36H,9-18H2,1-8H3/t21-,22-,25+,26+,30-,31-,32+/m1/s1. The van der Waals surface area contributed by atoms with Gasteiger partial charge in [0.25, 0.3) is 0 Å². The minimum Gasteiger partial charge on any atom is -0.393 e. The molecule has 1 aromatic rings. The molecule has 0 radical (unpaired) electrons. The molecule has 5 rings (SSSR count). The van der Waals surface area contributed by atoms with E-state index in [9.17, 15) is 9.90 Å². The van der Waals surface area contributed by atoms with Crippen molar-refractivity contribution in [3.63, 3.8) is 0 Å². The van der Waals surface area contributed by atoms with Crippen LogP contribution in [0.2, 0.25) is 0 Å². The molecule has 1 N–H and O–H groups in total. The van der Waals surface area contributed by atoms with Crippen molar-refractivity contribution in [2.45, 2.75) is 112 Å². The van der Waals surface area contributed by atoms with Gasteiger partial charge in [-0.3, -0.25) is 9.69 Å². The third-order valence-electron chi connectivity index (χ3n) is 12.8. The van der Waals surface area contributed by atoms with Gasteiger partial charge < -0.3 is 9.67 Å². The predicted molar refractivity (Wildman–Crippen MR) is 150 cm³/mol. The maximum atomic E-state index is 13.0. The number of imidazole rings is 1. The lowest BCUT2D eigenvalue weighted by Crippen LogP contribution is -2.55. The van der Waals surface area contributed by atoms with Crippen LogP contribution in [0, 0.1) is 39.4 Å². The lowest BCUT2D eigenvalue weighted by Gasteiger charge is -2.62. The Bertz CT molecular complexity index is 1090. The molecule has 1 amide bonds. The normalized spacial score (nSPS) is 39.5. The maximum absolute atomic E-state index is 13.0. The molecule has 2 saturated carbocycles. The number of aromatic nitrogens is 2. The van der Waals surface area contributed by atoms with Crippen molar-refractivity contribution < 1.29 is 9.90 Å². The Balaban J connectivity index is 1.34. The minimum absolute atomic E-state index is 0.00542. The van der Waals surface area contributed by atoms with E-state index < -0.39 is 0 Å². The van der Waals surface area contributed by atoms with Gasteiger partial charge in [0.1, 0.15) is 0 Å². The number of carbonyl (C=O) groups excluding carboxylic acids is 1. The van der Waals surface area contributed by atoms with Crippen molar-refractivity contribution in [1.29, 1.82) is 0 Å². The number of aliphatic hydroxyl groups is 1. The first kappa shape index (κ1) is 27.0. The topological polar surface area (TPSA) is 58.4 Å². The summed E-state index contributed by atoms with van der Waals surface area (Å²) in [6.07, 6.45) is 14.6. The zero-order valence-corrected chi connectivity index (χ0v) is 24.7. The number of aryl methyl sites for hydroxylation is 1. The van der Waals surface area contributed by atoms with Crippen LogP contribution in [-0.2, 0) is 11.8 Å². The molecule has 4 aliphatic carbocycles. The van der Waals surface area contributed by atoms with Gasteiger partial charge in [-0.2, -0.15) is 0 Å². The Labute approximate surface area is 225 Å². The van der Waals surface area contributed by atoms with Crippen LogP contribution in [0.15, 0.2) is 23.5 Å². The maximum Gasteiger partial charge on any atom is 0.229 e. The Morgan fingerprint density at radius 2 is 1.84 bits per heavy atom. The van der Waals surface area contributed by atoms with Gasteiger partial charge in [0.05, 0.1) is 6.10 Å². The highest BCUT2D eigenvalue weighted by Crippen LogP contribution is 2.72. The number of allylic oxidation sites excluding steroid dienone is 2. The average Bonchev–Trinajstić information content (AvgIpc) is 3.39. The van der Waals surface area contributed by atoms with E-state index in [4.69, 9.17) is 0 Å². The van der Waals surface area contributed by atoms with Crippen LogP contribution in [0.25, 0.3) is 0 Å². The van der Waals surface area contributed by atoms with Crippen molar-refractivity contribution in [3.8, 4) is 0 Å². The monoisotopic (exact) mass is 509 g/mol. The molecule has 0 saturated heterocycles. The summed E-state index contributed by atoms with van der Waals surface area (Å²) in [5.74, 6) is 2.64. The van der Waals surface area contributed by atoms with Gasteiger partial charge in [0.2, 0.25) is 11.9 Å². The van der Waals surface area contributed by atoms with E-state index >= 15 is 0 Å². The first-order valence-corrected chi connectivity index (χ1v) is 14.9. The number of anilines is 1. The van der Waals surface area contributed by atoms with Gasteiger partial charge in [-0.15, -0.1) is 0 Å². The van der Waals surface area contributed by atoms with E-state index in [1.165, 1.54) is 38.5 Å². The number of amides is 1. The number of hydrogen-bond acceptors (Lipinski definition) is 3. The van der Waals surface area contributed by atoms with Crippen LogP contribution in [0.5, 0.6) is 0 Å². The van der Waals surface area contributed by atoms with Gasteiger partial charge >= 0.3 is 0 Å². The van der Waals surface area contributed by atoms with Gasteiger partial charge in [0, 0.05) is 32.9 Å². The number of hydrogen-bond donors (Lipinski definition) is 1. The first-order valence-electron chi connectivity index (χ1n) is 14.9. The zero-order chi connectivity index (χ0) is 27.0. The second kappa shape index (κ2) is 8.96. The SMILES string of the molecule is C[C@H](CCC(=O)N(C)c1nccn1C)[C@H]1CC[C@@]2(C)C3=C(CC[C@]12C)[C@@]1(C)CC[C@H](O)C(C)(C)[C@@H]1CC3. The number of carbonyl (C=O) groups is 1. The van der Waals surface area contributed by atoms with Gasteiger partial charge in [-0.25, -0.2) is 4.98 Å². The second-order valence-corrected chi connectivity index (χ2v) is 14.5. The molecule has 0 bridgehead atoms. The molecule has 0 aliphatic heterocycles. The molecule has 0 aromatic carbocycles. The summed E-state index contributed by atoms with van der Waals surface area (Å²) in [5, 5.41) is 10.9. The summed E-state index contributed by atoms with van der Waals surface area (Å²) in [6, 6.07) is 0. The molecule has 2 fully saturated rings. The van der Waals surface area contributed by atoms with E-state index in [1.54, 1.807) is 22.2 Å². The summed E-state index contributed by atoms with van der Waals surface area (Å²) in [4.78, 5) is 19.1. The zero-order valence-electron chi connectivity index (χ0n) is 24.7. The van der Waals surface area contributed by atoms with Gasteiger partial charge in [-0.1, -0.05) is 52.7 Å². The van der Waals surface area contributed by atoms with Crippen LogP contribution in [-0.4, -0.2) is 33.7 Å². The number of fused-ring (bicyclic) bond motifs is 4. The molecular weight excluding hydrogens is 458 g/mol. The molecule has 1 aromatic heterocycles. The highest BCUT2D eigenvalue weighted by Gasteiger charge is 2.63. The summed E-state index contributed by atoms with van der Waals surface area (Å²) in [5.41, 5.74) is 4.38. The third kappa shape index (κ3) is 3.80. The van der Waals surface area contributed by atoms with E-state index in [0.717, 1.165) is 19.3 Å². The van der Waals surface area contributed by atoms with E-state index in [-0.39, 0.29) is 28.3 Å². The summed E-state index contributed by atoms with van der Waals surface area (Å²) in [7, 11) is 3.78. The minimum atomic E-state index is -0.173. The Kier molecular flexibility index (Phi) is 6.53. The molecule has 206 valence electrons. The quantitative estimate of drug-likeness (QED) is 0.439. The lowest BCUT2D eigenvalue weighted by atomic mass is 9.43. The van der Waals surface area contributed by atoms with Crippen LogP contribution in [0.1, 0.15) is 106 Å². The molecule has 4 aliphatic rings. The van der Waals surface area contributed by atoms with Gasteiger partial charge in [-0.05, 0) is 97.2 Å². The lowest BCUT2D eigenvalue weighted by molar-refractivity contribution is -0.118. The van der Waals surface area contributed by atoms with E-state index in [0.29, 0.717) is 35.5 Å². The fourth-order valence-corrected chi connectivity index (χ4v) is 10.1. The summed E-state index contributed by atoms with van der Waals surface area (Å²) in [6.45, 7) is 14.8.